The van der Waals surface area contributed by atoms with Crippen LogP contribution in [0.5, 0.6) is 0 Å². The fourth-order valence-corrected chi connectivity index (χ4v) is 2.37. The number of Topliss-reactive ketones (excluding diaryl/α,β-unsaturated/α-hetero) is 1. The number of hydrogen-bond acceptors (Lipinski definition) is 4. The minimum atomic E-state index is -0.123. The number of furan rings is 1. The second-order valence-electron chi connectivity index (χ2n) is 4.81. The van der Waals surface area contributed by atoms with Crippen LogP contribution in [0, 0.1) is 0 Å². The molecule has 2 aromatic carbocycles. The van der Waals surface area contributed by atoms with Crippen LogP contribution in [0.2, 0.25) is 0 Å². The Balaban J connectivity index is 1.69. The van der Waals surface area contributed by atoms with Crippen molar-refractivity contribution in [2.75, 3.05) is 0 Å². The predicted molar refractivity (Wildman–Crippen MR) is 78.1 cm³/mol. The molecule has 0 N–H and O–H groups in total. The van der Waals surface area contributed by atoms with Gasteiger partial charge in [-0.05, 0) is 24.3 Å². The van der Waals surface area contributed by atoms with E-state index >= 15 is 0 Å². The SMILES string of the molecule is O=C(Cn1nnc2ccccc21)c1cc2ccccc2o1. The topological polar surface area (TPSA) is 60.9 Å². The van der Waals surface area contributed by atoms with Crippen LogP contribution in [0.25, 0.3) is 22.0 Å². The van der Waals surface area contributed by atoms with Crippen LogP contribution in [-0.2, 0) is 6.54 Å². The summed E-state index contributed by atoms with van der Waals surface area (Å²) in [6.45, 7) is 0.111. The quantitative estimate of drug-likeness (QED) is 0.540. The summed E-state index contributed by atoms with van der Waals surface area (Å²) >= 11 is 0. The molecule has 21 heavy (non-hydrogen) atoms. The predicted octanol–water partition coefficient (Wildman–Crippen LogP) is 3.06. The highest BCUT2D eigenvalue weighted by Gasteiger charge is 2.15. The molecule has 0 saturated carbocycles. The van der Waals surface area contributed by atoms with E-state index in [1.807, 2.05) is 48.5 Å². The van der Waals surface area contributed by atoms with Crippen molar-refractivity contribution in [2.24, 2.45) is 0 Å². The van der Waals surface area contributed by atoms with Gasteiger partial charge in [-0.3, -0.25) is 4.79 Å². The number of rotatable bonds is 3. The van der Waals surface area contributed by atoms with Crippen LogP contribution in [0.4, 0.5) is 0 Å². The molecule has 4 rings (SSSR count). The lowest BCUT2D eigenvalue weighted by atomic mass is 10.2. The van der Waals surface area contributed by atoms with Crippen LogP contribution in [0.15, 0.2) is 59.0 Å². The van der Waals surface area contributed by atoms with E-state index in [1.165, 1.54) is 0 Å². The van der Waals surface area contributed by atoms with E-state index in [9.17, 15) is 4.79 Å². The zero-order valence-electron chi connectivity index (χ0n) is 11.1. The second kappa shape index (κ2) is 4.56. The first-order valence-electron chi connectivity index (χ1n) is 6.61. The number of nitrogens with zero attached hydrogens (tertiary/aromatic N) is 3. The largest absolute Gasteiger partial charge is 0.453 e. The highest BCUT2D eigenvalue weighted by molar-refractivity contribution is 5.97. The minimum Gasteiger partial charge on any atom is -0.453 e. The third-order valence-corrected chi connectivity index (χ3v) is 3.41. The molecule has 0 amide bonds. The van der Waals surface area contributed by atoms with E-state index in [1.54, 1.807) is 10.7 Å². The highest BCUT2D eigenvalue weighted by Crippen LogP contribution is 2.20. The molecule has 0 aliphatic rings. The molecule has 102 valence electrons. The molecule has 0 aliphatic carbocycles. The maximum atomic E-state index is 12.3. The fraction of sp³-hybridized carbons (Fsp3) is 0.0625. The van der Waals surface area contributed by atoms with Crippen LogP contribution in [0.3, 0.4) is 0 Å². The van der Waals surface area contributed by atoms with Crippen molar-refractivity contribution < 1.29 is 9.21 Å². The summed E-state index contributed by atoms with van der Waals surface area (Å²) in [6.07, 6.45) is 0. The molecular weight excluding hydrogens is 266 g/mol. The van der Waals surface area contributed by atoms with E-state index in [4.69, 9.17) is 4.42 Å². The number of hydrogen-bond donors (Lipinski definition) is 0. The first kappa shape index (κ1) is 11.8. The zero-order chi connectivity index (χ0) is 14.2. The standard InChI is InChI=1S/C16H11N3O2/c20-14(16-9-11-5-1-4-8-15(11)21-16)10-19-13-7-3-2-6-12(13)17-18-19/h1-9H,10H2. The van der Waals surface area contributed by atoms with Crippen molar-refractivity contribution in [3.05, 3.63) is 60.4 Å². The number of aromatic nitrogens is 3. The lowest BCUT2D eigenvalue weighted by molar-refractivity contribution is 0.0943. The minimum absolute atomic E-state index is 0.111. The zero-order valence-corrected chi connectivity index (χ0v) is 11.1. The average molecular weight is 277 g/mol. The van der Waals surface area contributed by atoms with E-state index in [-0.39, 0.29) is 12.3 Å². The summed E-state index contributed by atoms with van der Waals surface area (Å²) in [4.78, 5) is 12.3. The van der Waals surface area contributed by atoms with Gasteiger partial charge in [0.25, 0.3) is 0 Å². The van der Waals surface area contributed by atoms with Gasteiger partial charge in [0.05, 0.1) is 5.52 Å². The summed E-state index contributed by atoms with van der Waals surface area (Å²) in [7, 11) is 0. The number of benzene rings is 2. The molecule has 0 atom stereocenters. The number of carbonyl (C=O) groups is 1. The van der Waals surface area contributed by atoms with Gasteiger partial charge in [-0.2, -0.15) is 0 Å². The van der Waals surface area contributed by atoms with E-state index in [0.29, 0.717) is 11.3 Å². The molecule has 5 heteroatoms. The van der Waals surface area contributed by atoms with E-state index < -0.39 is 0 Å². The number of fused-ring (bicyclic) bond motifs is 2. The van der Waals surface area contributed by atoms with Crippen molar-refractivity contribution in [2.45, 2.75) is 6.54 Å². The van der Waals surface area contributed by atoms with Crippen molar-refractivity contribution >= 4 is 27.8 Å². The summed E-state index contributed by atoms with van der Waals surface area (Å²) < 4.78 is 7.17. The molecule has 0 aliphatic heterocycles. The van der Waals surface area contributed by atoms with Gasteiger partial charge in [-0.1, -0.05) is 35.5 Å². The number of carbonyl (C=O) groups excluding carboxylic acids is 1. The lowest BCUT2D eigenvalue weighted by Gasteiger charge is -1.99. The third kappa shape index (κ3) is 1.99. The molecular formula is C16H11N3O2. The molecule has 2 heterocycles. The second-order valence-corrected chi connectivity index (χ2v) is 4.81. The van der Waals surface area contributed by atoms with Gasteiger partial charge in [0.1, 0.15) is 17.6 Å². The smallest absolute Gasteiger partial charge is 0.219 e. The maximum Gasteiger partial charge on any atom is 0.219 e. The fourth-order valence-electron chi connectivity index (χ4n) is 2.37. The third-order valence-electron chi connectivity index (χ3n) is 3.41. The van der Waals surface area contributed by atoms with E-state index in [2.05, 4.69) is 10.3 Å². The normalized spacial score (nSPS) is 11.2. The molecule has 5 nitrogen and oxygen atoms in total. The van der Waals surface area contributed by atoms with Gasteiger partial charge >= 0.3 is 0 Å². The van der Waals surface area contributed by atoms with Crippen LogP contribution in [-0.4, -0.2) is 20.8 Å². The Kier molecular flexibility index (Phi) is 2.57. The Morgan fingerprint density at radius 3 is 2.81 bits per heavy atom. The Hall–Kier alpha value is -2.95. The summed E-state index contributed by atoms with van der Waals surface area (Å²) in [5.74, 6) is 0.220. The van der Waals surface area contributed by atoms with Crippen molar-refractivity contribution in [1.29, 1.82) is 0 Å². The van der Waals surface area contributed by atoms with Gasteiger partial charge in [0, 0.05) is 5.39 Å². The van der Waals surface area contributed by atoms with Crippen LogP contribution >= 0.6 is 0 Å². The lowest BCUT2D eigenvalue weighted by Crippen LogP contribution is -2.11. The number of ketones is 1. The Bertz CT molecular complexity index is 919. The van der Waals surface area contributed by atoms with Crippen LogP contribution in [0.1, 0.15) is 10.6 Å². The van der Waals surface area contributed by atoms with Gasteiger partial charge in [-0.15, -0.1) is 5.10 Å². The van der Waals surface area contributed by atoms with Crippen molar-refractivity contribution in [3.8, 4) is 0 Å². The number of para-hydroxylation sites is 2. The Labute approximate surface area is 119 Å². The van der Waals surface area contributed by atoms with Gasteiger partial charge in [0.15, 0.2) is 5.76 Å². The molecule has 0 fully saturated rings. The van der Waals surface area contributed by atoms with E-state index in [0.717, 1.165) is 16.4 Å². The summed E-state index contributed by atoms with van der Waals surface area (Å²) in [5, 5.41) is 8.98. The highest BCUT2D eigenvalue weighted by atomic mass is 16.3. The summed E-state index contributed by atoms with van der Waals surface area (Å²) in [5.41, 5.74) is 2.32. The molecule has 0 saturated heterocycles. The van der Waals surface area contributed by atoms with Gasteiger partial charge in [0.2, 0.25) is 5.78 Å². The molecule has 0 spiro atoms. The maximum absolute atomic E-state index is 12.3. The van der Waals surface area contributed by atoms with Gasteiger partial charge < -0.3 is 4.42 Å². The molecule has 0 bridgehead atoms. The van der Waals surface area contributed by atoms with Crippen LogP contribution < -0.4 is 0 Å². The Morgan fingerprint density at radius 2 is 1.90 bits per heavy atom. The molecule has 4 aromatic rings. The molecule has 2 aromatic heterocycles. The van der Waals surface area contributed by atoms with Crippen molar-refractivity contribution in [3.63, 3.8) is 0 Å². The monoisotopic (exact) mass is 277 g/mol. The molecule has 0 unspecified atom stereocenters. The van der Waals surface area contributed by atoms with Gasteiger partial charge in [-0.25, -0.2) is 4.68 Å². The molecule has 0 radical (unpaired) electrons. The first-order chi connectivity index (χ1) is 10.3. The van der Waals surface area contributed by atoms with Crippen molar-refractivity contribution in [1.82, 2.24) is 15.0 Å². The summed E-state index contributed by atoms with van der Waals surface area (Å²) in [6, 6.07) is 16.9. The average Bonchev–Trinajstić information content (AvgIpc) is 3.11. The first-order valence-corrected chi connectivity index (χ1v) is 6.61. The Morgan fingerprint density at radius 1 is 1.10 bits per heavy atom.